The molecule has 4 heteroatoms. The van der Waals surface area contributed by atoms with Crippen LogP contribution in [0.2, 0.25) is 10.0 Å². The number of nitrogens with zero attached hydrogens (tertiary/aromatic N) is 1. The summed E-state index contributed by atoms with van der Waals surface area (Å²) in [4.78, 5) is 7.91. The molecule has 0 bridgehead atoms. The fraction of sp³-hybridized carbons (Fsp3) is 0.533. The molecule has 2 aromatic rings. The van der Waals surface area contributed by atoms with Gasteiger partial charge in [-0.05, 0) is 29.9 Å². The van der Waals surface area contributed by atoms with Gasteiger partial charge in [0.1, 0.15) is 5.82 Å². The first kappa shape index (κ1) is 14.7. The van der Waals surface area contributed by atoms with Crippen LogP contribution in [0.4, 0.5) is 0 Å². The summed E-state index contributed by atoms with van der Waals surface area (Å²) in [5.41, 5.74) is 2.18. The molecule has 104 valence electrons. The standard InChI is InChI=1S/C15H20Cl2N2/c1-9(8-15(2,3)4)5-14-18-12-6-10(16)11(17)7-13(12)19-14/h6-7,9H,5,8H2,1-4H3,(H,18,19). The summed E-state index contributed by atoms with van der Waals surface area (Å²) >= 11 is 12.0. The van der Waals surface area contributed by atoms with Crippen molar-refractivity contribution in [3.8, 4) is 0 Å². The summed E-state index contributed by atoms with van der Waals surface area (Å²) < 4.78 is 0. The molecule has 0 saturated heterocycles. The van der Waals surface area contributed by atoms with E-state index in [0.717, 1.165) is 23.3 Å². The number of aromatic nitrogens is 2. The highest BCUT2D eigenvalue weighted by molar-refractivity contribution is 6.42. The molecule has 1 aromatic heterocycles. The lowest BCUT2D eigenvalue weighted by Crippen LogP contribution is -2.13. The molecule has 1 unspecified atom stereocenters. The summed E-state index contributed by atoms with van der Waals surface area (Å²) in [6.07, 6.45) is 2.12. The monoisotopic (exact) mass is 298 g/mol. The predicted molar refractivity (Wildman–Crippen MR) is 83.1 cm³/mol. The molecule has 0 aliphatic carbocycles. The van der Waals surface area contributed by atoms with E-state index in [1.165, 1.54) is 6.42 Å². The van der Waals surface area contributed by atoms with E-state index in [0.29, 0.717) is 21.4 Å². The molecule has 0 fully saturated rings. The van der Waals surface area contributed by atoms with Gasteiger partial charge >= 0.3 is 0 Å². The Morgan fingerprint density at radius 3 is 2.47 bits per heavy atom. The molecule has 2 nitrogen and oxygen atoms in total. The molecule has 19 heavy (non-hydrogen) atoms. The Hall–Kier alpha value is -0.730. The third-order valence-corrected chi connectivity index (χ3v) is 3.80. The maximum atomic E-state index is 6.01. The minimum Gasteiger partial charge on any atom is -0.342 e. The van der Waals surface area contributed by atoms with Crippen LogP contribution in [0.1, 0.15) is 39.9 Å². The predicted octanol–water partition coefficient (Wildman–Crippen LogP) is 5.48. The maximum Gasteiger partial charge on any atom is 0.107 e. The highest BCUT2D eigenvalue weighted by atomic mass is 35.5. The van der Waals surface area contributed by atoms with E-state index in [1.807, 2.05) is 12.1 Å². The molecule has 1 heterocycles. The highest BCUT2D eigenvalue weighted by Crippen LogP contribution is 2.29. The fourth-order valence-electron chi connectivity index (χ4n) is 2.60. The molecule has 1 N–H and O–H groups in total. The van der Waals surface area contributed by atoms with E-state index in [-0.39, 0.29) is 0 Å². The first-order valence-electron chi connectivity index (χ1n) is 6.58. The van der Waals surface area contributed by atoms with Crippen LogP contribution in [-0.2, 0) is 6.42 Å². The average molecular weight is 299 g/mol. The first-order chi connectivity index (χ1) is 8.74. The fourth-order valence-corrected chi connectivity index (χ4v) is 2.92. The molecular weight excluding hydrogens is 279 g/mol. The topological polar surface area (TPSA) is 28.7 Å². The Morgan fingerprint density at radius 1 is 1.21 bits per heavy atom. The van der Waals surface area contributed by atoms with Crippen LogP contribution in [0.15, 0.2) is 12.1 Å². The Bertz CT molecular complexity index is 543. The van der Waals surface area contributed by atoms with E-state index in [2.05, 4.69) is 37.7 Å². The minimum atomic E-state index is 0.345. The van der Waals surface area contributed by atoms with E-state index >= 15 is 0 Å². The van der Waals surface area contributed by atoms with Gasteiger partial charge in [0, 0.05) is 6.42 Å². The van der Waals surface area contributed by atoms with Gasteiger partial charge in [0.05, 0.1) is 21.1 Å². The average Bonchev–Trinajstić information content (AvgIpc) is 2.56. The van der Waals surface area contributed by atoms with Crippen molar-refractivity contribution in [1.29, 1.82) is 0 Å². The highest BCUT2D eigenvalue weighted by Gasteiger charge is 2.17. The van der Waals surface area contributed by atoms with E-state index < -0.39 is 0 Å². The maximum absolute atomic E-state index is 6.01. The third-order valence-electron chi connectivity index (χ3n) is 3.08. The van der Waals surface area contributed by atoms with Gasteiger partial charge in [-0.15, -0.1) is 0 Å². The third kappa shape index (κ3) is 3.87. The van der Waals surface area contributed by atoms with Crippen molar-refractivity contribution >= 4 is 34.2 Å². The molecule has 0 aliphatic heterocycles. The van der Waals surface area contributed by atoms with Crippen LogP contribution in [0, 0.1) is 11.3 Å². The number of hydrogen-bond donors (Lipinski definition) is 1. The van der Waals surface area contributed by atoms with Crippen LogP contribution in [0.25, 0.3) is 11.0 Å². The number of imidazole rings is 1. The van der Waals surface area contributed by atoms with Crippen molar-refractivity contribution in [2.75, 3.05) is 0 Å². The van der Waals surface area contributed by atoms with Crippen molar-refractivity contribution in [2.24, 2.45) is 11.3 Å². The Morgan fingerprint density at radius 2 is 1.84 bits per heavy atom. The lowest BCUT2D eigenvalue weighted by atomic mass is 9.84. The molecular formula is C15H20Cl2N2. The van der Waals surface area contributed by atoms with E-state index in [9.17, 15) is 0 Å². The molecule has 0 amide bonds. The largest absolute Gasteiger partial charge is 0.342 e. The van der Waals surface area contributed by atoms with Crippen molar-refractivity contribution < 1.29 is 0 Å². The minimum absolute atomic E-state index is 0.345. The van der Waals surface area contributed by atoms with Gasteiger partial charge < -0.3 is 4.98 Å². The van der Waals surface area contributed by atoms with Crippen molar-refractivity contribution in [1.82, 2.24) is 9.97 Å². The van der Waals surface area contributed by atoms with Crippen LogP contribution in [0.5, 0.6) is 0 Å². The number of aromatic amines is 1. The summed E-state index contributed by atoms with van der Waals surface area (Å²) in [5, 5.41) is 1.11. The normalized spacial score (nSPS) is 14.0. The molecule has 0 saturated carbocycles. The zero-order chi connectivity index (χ0) is 14.2. The second-order valence-corrected chi connectivity index (χ2v) is 7.36. The van der Waals surface area contributed by atoms with Crippen LogP contribution >= 0.6 is 23.2 Å². The number of halogens is 2. The summed E-state index contributed by atoms with van der Waals surface area (Å²) in [7, 11) is 0. The van der Waals surface area contributed by atoms with Crippen molar-refractivity contribution in [3.63, 3.8) is 0 Å². The Kier molecular flexibility index (Phi) is 4.12. The zero-order valence-corrected chi connectivity index (χ0v) is 13.4. The smallest absolute Gasteiger partial charge is 0.107 e. The number of hydrogen-bond acceptors (Lipinski definition) is 1. The second kappa shape index (κ2) is 5.34. The lowest BCUT2D eigenvalue weighted by Gasteiger charge is -2.22. The van der Waals surface area contributed by atoms with Gasteiger partial charge in [-0.25, -0.2) is 4.98 Å². The quantitative estimate of drug-likeness (QED) is 0.798. The number of benzene rings is 1. The molecule has 2 rings (SSSR count). The van der Waals surface area contributed by atoms with Crippen LogP contribution in [-0.4, -0.2) is 9.97 Å². The molecule has 1 atom stereocenters. The van der Waals surface area contributed by atoms with Gasteiger partial charge in [-0.2, -0.15) is 0 Å². The molecule has 0 aliphatic rings. The van der Waals surface area contributed by atoms with Gasteiger partial charge in [-0.1, -0.05) is 50.9 Å². The summed E-state index contributed by atoms with van der Waals surface area (Å²) in [5.74, 6) is 1.59. The first-order valence-corrected chi connectivity index (χ1v) is 7.34. The number of H-pyrrole nitrogens is 1. The van der Waals surface area contributed by atoms with Gasteiger partial charge in [0.15, 0.2) is 0 Å². The molecule has 1 aromatic carbocycles. The van der Waals surface area contributed by atoms with Crippen LogP contribution in [0.3, 0.4) is 0 Å². The van der Waals surface area contributed by atoms with Gasteiger partial charge in [0.25, 0.3) is 0 Å². The summed E-state index contributed by atoms with van der Waals surface area (Å²) in [6, 6.07) is 3.65. The number of nitrogens with one attached hydrogen (secondary N) is 1. The van der Waals surface area contributed by atoms with Crippen molar-refractivity contribution in [3.05, 3.63) is 28.0 Å². The molecule has 0 radical (unpaired) electrons. The van der Waals surface area contributed by atoms with Crippen LogP contribution < -0.4 is 0 Å². The second-order valence-electron chi connectivity index (χ2n) is 6.54. The van der Waals surface area contributed by atoms with Gasteiger partial charge in [-0.3, -0.25) is 0 Å². The molecule has 0 spiro atoms. The number of rotatable bonds is 3. The summed E-state index contributed by atoms with van der Waals surface area (Å²) in [6.45, 7) is 9.06. The van der Waals surface area contributed by atoms with E-state index in [4.69, 9.17) is 23.2 Å². The Labute approximate surface area is 124 Å². The van der Waals surface area contributed by atoms with E-state index in [1.54, 1.807) is 0 Å². The Balaban J connectivity index is 2.18. The number of fused-ring (bicyclic) bond motifs is 1. The SMILES string of the molecule is CC(Cc1nc2cc(Cl)c(Cl)cc2[nH]1)CC(C)(C)C. The zero-order valence-electron chi connectivity index (χ0n) is 11.8. The van der Waals surface area contributed by atoms with Crippen molar-refractivity contribution in [2.45, 2.75) is 40.5 Å². The van der Waals surface area contributed by atoms with Gasteiger partial charge in [0.2, 0.25) is 0 Å². The lowest BCUT2D eigenvalue weighted by molar-refractivity contribution is 0.304.